The van der Waals surface area contributed by atoms with E-state index in [-0.39, 0.29) is 11.3 Å². The van der Waals surface area contributed by atoms with E-state index in [0.29, 0.717) is 6.04 Å². The fourth-order valence-corrected chi connectivity index (χ4v) is 2.05. The van der Waals surface area contributed by atoms with Crippen molar-refractivity contribution in [3.8, 4) is 0 Å². The van der Waals surface area contributed by atoms with Gasteiger partial charge in [-0.05, 0) is 19.8 Å². The molecule has 3 nitrogen and oxygen atoms in total. The third kappa shape index (κ3) is 3.54. The highest BCUT2D eigenvalue weighted by molar-refractivity contribution is 5.81. The zero-order valence-corrected chi connectivity index (χ0v) is 11.0. The monoisotopic (exact) mass is 224 g/mol. The summed E-state index contributed by atoms with van der Waals surface area (Å²) in [6.45, 7) is 13.5. The first kappa shape index (κ1) is 13.1. The van der Waals surface area contributed by atoms with Gasteiger partial charge in [-0.25, -0.2) is 0 Å². The molecule has 1 fully saturated rings. The Bertz CT molecular complexity index is 270. The zero-order chi connectivity index (χ0) is 12.3. The second-order valence-corrected chi connectivity index (χ2v) is 5.74. The Hall–Kier alpha value is -0.990. The largest absolute Gasteiger partial charge is 0.386 e. The molecule has 1 aliphatic rings. The van der Waals surface area contributed by atoms with Crippen LogP contribution in [0, 0.1) is 5.41 Å². The normalized spacial score (nSPS) is 18.4. The average Bonchev–Trinajstić information content (AvgIpc) is 2.15. The van der Waals surface area contributed by atoms with Gasteiger partial charge in [-0.1, -0.05) is 27.4 Å². The fraction of sp³-hybridized carbons (Fsp3) is 0.769. The molecule has 1 heterocycles. The highest BCUT2D eigenvalue weighted by Gasteiger charge is 2.30. The number of allylic oxidation sites excluding steroid dienone is 1. The van der Waals surface area contributed by atoms with Gasteiger partial charge in [0.25, 0.3) is 0 Å². The predicted octanol–water partition coefficient (Wildman–Crippen LogP) is 2.15. The van der Waals surface area contributed by atoms with E-state index >= 15 is 0 Å². The van der Waals surface area contributed by atoms with Crippen LogP contribution in [0.1, 0.15) is 40.5 Å². The number of amides is 1. The Balaban J connectivity index is 2.43. The van der Waals surface area contributed by atoms with Gasteiger partial charge in [0, 0.05) is 30.2 Å². The van der Waals surface area contributed by atoms with Gasteiger partial charge in [0.15, 0.2) is 0 Å². The number of hydrogen-bond donors (Lipinski definition) is 1. The Kier molecular flexibility index (Phi) is 4.00. The van der Waals surface area contributed by atoms with Gasteiger partial charge in [0.1, 0.15) is 0 Å². The van der Waals surface area contributed by atoms with Crippen molar-refractivity contribution in [1.29, 1.82) is 0 Å². The summed E-state index contributed by atoms with van der Waals surface area (Å²) in [5, 5.41) is 3.35. The van der Waals surface area contributed by atoms with Crippen molar-refractivity contribution in [2.45, 2.75) is 46.6 Å². The standard InChI is InChI=1S/C13H24N2O/c1-10(2)14-11-6-8-15(9-7-11)12(16)13(3,4)5/h11,14H,1,6-9H2,2-5H3. The Labute approximate surface area is 98.9 Å². The fourth-order valence-electron chi connectivity index (χ4n) is 2.05. The average molecular weight is 224 g/mol. The van der Waals surface area contributed by atoms with Crippen molar-refractivity contribution in [3.05, 3.63) is 12.3 Å². The molecule has 0 radical (unpaired) electrons. The molecular weight excluding hydrogens is 200 g/mol. The van der Waals surface area contributed by atoms with Crippen LogP contribution in [0.2, 0.25) is 0 Å². The van der Waals surface area contributed by atoms with Crippen LogP contribution in [0.3, 0.4) is 0 Å². The number of nitrogens with one attached hydrogen (secondary N) is 1. The first-order valence-electron chi connectivity index (χ1n) is 6.02. The van der Waals surface area contributed by atoms with Crippen LogP contribution in [0.25, 0.3) is 0 Å². The maximum absolute atomic E-state index is 12.0. The van der Waals surface area contributed by atoms with E-state index in [9.17, 15) is 4.79 Å². The second-order valence-electron chi connectivity index (χ2n) is 5.74. The molecule has 0 atom stereocenters. The Morgan fingerprint density at radius 2 is 1.81 bits per heavy atom. The highest BCUT2D eigenvalue weighted by atomic mass is 16.2. The van der Waals surface area contributed by atoms with Gasteiger partial charge in [-0.3, -0.25) is 4.79 Å². The quantitative estimate of drug-likeness (QED) is 0.779. The molecule has 0 aliphatic carbocycles. The molecule has 92 valence electrons. The maximum atomic E-state index is 12.0. The smallest absolute Gasteiger partial charge is 0.227 e. The highest BCUT2D eigenvalue weighted by Crippen LogP contribution is 2.21. The number of carbonyl (C=O) groups is 1. The van der Waals surface area contributed by atoms with Crippen molar-refractivity contribution in [1.82, 2.24) is 10.2 Å². The van der Waals surface area contributed by atoms with E-state index in [1.165, 1.54) is 0 Å². The predicted molar refractivity (Wildman–Crippen MR) is 67.0 cm³/mol. The summed E-state index contributed by atoms with van der Waals surface area (Å²) in [6.07, 6.45) is 2.04. The molecule has 0 bridgehead atoms. The van der Waals surface area contributed by atoms with Crippen LogP contribution in [-0.4, -0.2) is 29.9 Å². The van der Waals surface area contributed by atoms with Gasteiger partial charge in [-0.2, -0.15) is 0 Å². The van der Waals surface area contributed by atoms with E-state index in [2.05, 4.69) is 11.9 Å². The summed E-state index contributed by atoms with van der Waals surface area (Å²) in [4.78, 5) is 14.0. The van der Waals surface area contributed by atoms with Gasteiger partial charge >= 0.3 is 0 Å². The van der Waals surface area contributed by atoms with E-state index in [1.54, 1.807) is 0 Å². The molecule has 0 spiro atoms. The van der Waals surface area contributed by atoms with Crippen molar-refractivity contribution < 1.29 is 4.79 Å². The van der Waals surface area contributed by atoms with Crippen LogP contribution in [0.4, 0.5) is 0 Å². The van der Waals surface area contributed by atoms with Crippen molar-refractivity contribution in [3.63, 3.8) is 0 Å². The van der Waals surface area contributed by atoms with Gasteiger partial charge in [0.2, 0.25) is 5.91 Å². The summed E-state index contributed by atoms with van der Waals surface area (Å²) < 4.78 is 0. The van der Waals surface area contributed by atoms with Gasteiger partial charge < -0.3 is 10.2 Å². The molecule has 1 saturated heterocycles. The minimum Gasteiger partial charge on any atom is -0.386 e. The van der Waals surface area contributed by atoms with Crippen molar-refractivity contribution >= 4 is 5.91 Å². The van der Waals surface area contributed by atoms with Crippen molar-refractivity contribution in [2.75, 3.05) is 13.1 Å². The summed E-state index contributed by atoms with van der Waals surface area (Å²) in [6, 6.07) is 0.488. The lowest BCUT2D eigenvalue weighted by Gasteiger charge is -2.36. The molecular formula is C13H24N2O. The van der Waals surface area contributed by atoms with Crippen LogP contribution in [0.15, 0.2) is 12.3 Å². The van der Waals surface area contributed by atoms with Gasteiger partial charge in [0.05, 0.1) is 0 Å². The molecule has 0 aromatic rings. The van der Waals surface area contributed by atoms with Crippen molar-refractivity contribution in [2.24, 2.45) is 5.41 Å². The molecule has 1 rings (SSSR count). The molecule has 0 unspecified atom stereocenters. The first-order valence-corrected chi connectivity index (χ1v) is 6.02. The lowest BCUT2D eigenvalue weighted by Crippen LogP contribution is -2.47. The summed E-state index contributed by atoms with van der Waals surface area (Å²) >= 11 is 0. The number of nitrogens with zero attached hydrogens (tertiary/aromatic N) is 1. The van der Waals surface area contributed by atoms with E-state index in [0.717, 1.165) is 31.6 Å². The molecule has 1 amide bonds. The molecule has 0 aromatic heterocycles. The number of piperidine rings is 1. The maximum Gasteiger partial charge on any atom is 0.227 e. The van der Waals surface area contributed by atoms with Crippen LogP contribution < -0.4 is 5.32 Å². The number of rotatable bonds is 2. The molecule has 3 heteroatoms. The van der Waals surface area contributed by atoms with Crippen LogP contribution in [-0.2, 0) is 4.79 Å². The number of likely N-dealkylation sites (tertiary alicyclic amines) is 1. The molecule has 16 heavy (non-hydrogen) atoms. The zero-order valence-electron chi connectivity index (χ0n) is 11.0. The third-order valence-corrected chi connectivity index (χ3v) is 2.87. The number of carbonyl (C=O) groups excluding carboxylic acids is 1. The third-order valence-electron chi connectivity index (χ3n) is 2.87. The molecule has 0 aromatic carbocycles. The Morgan fingerprint density at radius 3 is 2.19 bits per heavy atom. The first-order chi connectivity index (χ1) is 7.30. The molecule has 0 saturated carbocycles. The second kappa shape index (κ2) is 4.89. The molecule has 1 aliphatic heterocycles. The SMILES string of the molecule is C=C(C)NC1CCN(C(=O)C(C)(C)C)CC1. The van der Waals surface area contributed by atoms with Crippen LogP contribution in [0.5, 0.6) is 0 Å². The van der Waals surface area contributed by atoms with Crippen LogP contribution >= 0.6 is 0 Å². The van der Waals surface area contributed by atoms with E-state index < -0.39 is 0 Å². The minimum atomic E-state index is -0.255. The lowest BCUT2D eigenvalue weighted by molar-refractivity contribution is -0.140. The summed E-state index contributed by atoms with van der Waals surface area (Å²) in [7, 11) is 0. The summed E-state index contributed by atoms with van der Waals surface area (Å²) in [5.41, 5.74) is 0.759. The molecule has 1 N–H and O–H groups in total. The Morgan fingerprint density at radius 1 is 1.31 bits per heavy atom. The topological polar surface area (TPSA) is 32.3 Å². The van der Waals surface area contributed by atoms with E-state index in [4.69, 9.17) is 0 Å². The summed E-state index contributed by atoms with van der Waals surface area (Å²) in [5.74, 6) is 0.265. The minimum absolute atomic E-state index is 0.255. The van der Waals surface area contributed by atoms with E-state index in [1.807, 2.05) is 32.6 Å². The van der Waals surface area contributed by atoms with Gasteiger partial charge in [-0.15, -0.1) is 0 Å². The lowest BCUT2D eigenvalue weighted by atomic mass is 9.93. The number of hydrogen-bond acceptors (Lipinski definition) is 2.